The van der Waals surface area contributed by atoms with Gasteiger partial charge in [-0.3, -0.25) is 4.90 Å². The number of methoxy groups -OCH3 is 1. The molecule has 1 aliphatic rings. The van der Waals surface area contributed by atoms with Crippen molar-refractivity contribution in [3.8, 4) is 28.5 Å². The SMILES string of the molecule is COc1nccc2c(-c3cc(CN4CCC(N(C)C)CC4)ccc3Oc3ccc(F)cc3F)cn(C)c12. The van der Waals surface area contributed by atoms with Crippen molar-refractivity contribution in [1.82, 2.24) is 19.4 Å². The number of likely N-dealkylation sites (tertiary alicyclic amines) is 1. The van der Waals surface area contributed by atoms with Crippen LogP contribution in [0.1, 0.15) is 18.4 Å². The quantitative estimate of drug-likeness (QED) is 0.315. The summed E-state index contributed by atoms with van der Waals surface area (Å²) < 4.78 is 41.5. The number of aromatic nitrogens is 2. The Hall–Kier alpha value is -3.49. The van der Waals surface area contributed by atoms with Crippen LogP contribution in [0.2, 0.25) is 0 Å². The van der Waals surface area contributed by atoms with Gasteiger partial charge in [0.1, 0.15) is 17.1 Å². The monoisotopic (exact) mass is 506 g/mol. The first-order valence-electron chi connectivity index (χ1n) is 12.5. The third-order valence-electron chi connectivity index (χ3n) is 7.19. The summed E-state index contributed by atoms with van der Waals surface area (Å²) in [5.74, 6) is -0.405. The predicted molar refractivity (Wildman–Crippen MR) is 141 cm³/mol. The average molecular weight is 507 g/mol. The van der Waals surface area contributed by atoms with Gasteiger partial charge < -0.3 is 18.9 Å². The van der Waals surface area contributed by atoms with Crippen LogP contribution in [-0.2, 0) is 13.6 Å². The maximum Gasteiger partial charge on any atom is 0.238 e. The lowest BCUT2D eigenvalue weighted by Gasteiger charge is -2.35. The maximum absolute atomic E-state index is 14.5. The number of aryl methyl sites for hydroxylation is 1. The van der Waals surface area contributed by atoms with Crippen molar-refractivity contribution < 1.29 is 18.3 Å². The number of ether oxygens (including phenoxy) is 2. The summed E-state index contributed by atoms with van der Waals surface area (Å²) in [4.78, 5) is 9.12. The first-order valence-corrected chi connectivity index (χ1v) is 12.5. The lowest BCUT2D eigenvalue weighted by Crippen LogP contribution is -2.41. The van der Waals surface area contributed by atoms with Gasteiger partial charge in [0.15, 0.2) is 11.6 Å². The second kappa shape index (κ2) is 10.5. The molecule has 6 nitrogen and oxygen atoms in total. The van der Waals surface area contributed by atoms with E-state index in [0.717, 1.165) is 66.1 Å². The molecule has 1 fully saturated rings. The highest BCUT2D eigenvalue weighted by Crippen LogP contribution is 2.41. The van der Waals surface area contributed by atoms with Gasteiger partial charge in [0.2, 0.25) is 5.88 Å². The summed E-state index contributed by atoms with van der Waals surface area (Å²) in [5, 5.41) is 0.947. The highest BCUT2D eigenvalue weighted by atomic mass is 19.1. The fraction of sp³-hybridized carbons (Fsp3) is 0.345. The Bertz CT molecular complexity index is 1410. The van der Waals surface area contributed by atoms with Gasteiger partial charge in [-0.1, -0.05) is 6.07 Å². The number of benzene rings is 2. The zero-order chi connectivity index (χ0) is 26.1. The van der Waals surface area contributed by atoms with Gasteiger partial charge in [-0.05, 0) is 75.9 Å². The van der Waals surface area contributed by atoms with Crippen molar-refractivity contribution >= 4 is 10.9 Å². The zero-order valence-corrected chi connectivity index (χ0v) is 21.7. The van der Waals surface area contributed by atoms with Crippen molar-refractivity contribution in [2.45, 2.75) is 25.4 Å². The first-order chi connectivity index (χ1) is 17.8. The summed E-state index contributed by atoms with van der Waals surface area (Å²) in [7, 11) is 7.82. The third-order valence-corrected chi connectivity index (χ3v) is 7.19. The smallest absolute Gasteiger partial charge is 0.238 e. The number of hydrogen-bond donors (Lipinski definition) is 0. The number of hydrogen-bond acceptors (Lipinski definition) is 5. The van der Waals surface area contributed by atoms with Gasteiger partial charge in [0.25, 0.3) is 0 Å². The van der Waals surface area contributed by atoms with Crippen molar-refractivity contribution in [3.63, 3.8) is 0 Å². The molecule has 2 aromatic heterocycles. The molecular weight excluding hydrogens is 474 g/mol. The van der Waals surface area contributed by atoms with Crippen molar-refractivity contribution in [2.75, 3.05) is 34.3 Å². The van der Waals surface area contributed by atoms with Crippen LogP contribution in [0.4, 0.5) is 8.78 Å². The molecule has 5 rings (SSSR count). The van der Waals surface area contributed by atoms with Crippen molar-refractivity contribution in [2.24, 2.45) is 7.05 Å². The second-order valence-electron chi connectivity index (χ2n) is 9.85. The molecule has 1 aliphatic heterocycles. The molecule has 4 aromatic rings. The van der Waals surface area contributed by atoms with Crippen LogP contribution in [0.3, 0.4) is 0 Å². The minimum atomic E-state index is -0.748. The van der Waals surface area contributed by atoms with E-state index in [9.17, 15) is 8.78 Å². The molecule has 0 unspecified atom stereocenters. The minimum Gasteiger partial charge on any atom is -0.479 e. The number of nitrogens with zero attached hydrogens (tertiary/aromatic N) is 4. The molecule has 1 saturated heterocycles. The van der Waals surface area contributed by atoms with E-state index >= 15 is 0 Å². The van der Waals surface area contributed by atoms with Gasteiger partial charge in [0, 0.05) is 54.6 Å². The lowest BCUT2D eigenvalue weighted by molar-refractivity contribution is 0.140. The Balaban J connectivity index is 1.54. The topological polar surface area (TPSA) is 42.8 Å². The fourth-order valence-electron chi connectivity index (χ4n) is 5.19. The van der Waals surface area contributed by atoms with E-state index < -0.39 is 11.6 Å². The molecule has 3 heterocycles. The molecule has 0 bridgehead atoms. The van der Waals surface area contributed by atoms with Gasteiger partial charge in [-0.2, -0.15) is 0 Å². The average Bonchev–Trinajstić information content (AvgIpc) is 3.23. The molecule has 2 aromatic carbocycles. The molecule has 0 saturated carbocycles. The zero-order valence-electron chi connectivity index (χ0n) is 21.7. The Morgan fingerprint density at radius 1 is 1.00 bits per heavy atom. The standard InChI is InChI=1S/C29H32F2N4O2/c1-33(2)21-10-13-35(14-11-21)17-19-5-7-26(37-27-8-6-20(30)16-25(27)31)23(15-19)24-18-34(3)28-22(24)9-12-32-29(28)36-4/h5-9,12,15-16,18,21H,10-11,13-14,17H2,1-4H3. The summed E-state index contributed by atoms with van der Waals surface area (Å²) >= 11 is 0. The van der Waals surface area contributed by atoms with E-state index in [-0.39, 0.29) is 5.75 Å². The molecule has 8 heteroatoms. The van der Waals surface area contributed by atoms with Gasteiger partial charge in [-0.15, -0.1) is 0 Å². The van der Waals surface area contributed by atoms with Crippen molar-refractivity contribution in [1.29, 1.82) is 0 Å². The van der Waals surface area contributed by atoms with Crippen LogP contribution >= 0.6 is 0 Å². The van der Waals surface area contributed by atoms with Gasteiger partial charge in [0.05, 0.1) is 7.11 Å². The molecule has 37 heavy (non-hydrogen) atoms. The van der Waals surface area contributed by atoms with E-state index in [1.54, 1.807) is 13.3 Å². The first kappa shape index (κ1) is 25.2. The Morgan fingerprint density at radius 3 is 2.46 bits per heavy atom. The van der Waals surface area contributed by atoms with Crippen LogP contribution in [0.25, 0.3) is 22.0 Å². The van der Waals surface area contributed by atoms with E-state index in [0.29, 0.717) is 17.7 Å². The molecule has 0 aliphatic carbocycles. The maximum atomic E-state index is 14.5. The summed E-state index contributed by atoms with van der Waals surface area (Å²) in [5.41, 5.74) is 3.74. The van der Waals surface area contributed by atoms with Crippen LogP contribution < -0.4 is 9.47 Å². The van der Waals surface area contributed by atoms with E-state index in [1.807, 2.05) is 36.0 Å². The Kier molecular flexibility index (Phi) is 7.13. The predicted octanol–water partition coefficient (Wildman–Crippen LogP) is 5.85. The van der Waals surface area contributed by atoms with Gasteiger partial charge in [-0.25, -0.2) is 13.8 Å². The molecule has 0 radical (unpaired) electrons. The number of fused-ring (bicyclic) bond motifs is 1. The van der Waals surface area contributed by atoms with E-state index in [1.165, 1.54) is 12.1 Å². The van der Waals surface area contributed by atoms with Crippen LogP contribution in [-0.4, -0.2) is 59.7 Å². The largest absolute Gasteiger partial charge is 0.479 e. The minimum absolute atomic E-state index is 0.0272. The summed E-state index contributed by atoms with van der Waals surface area (Å²) in [6, 6.07) is 11.9. The second-order valence-corrected chi connectivity index (χ2v) is 9.85. The Labute approximate surface area is 216 Å². The molecule has 0 N–H and O–H groups in total. The molecular formula is C29H32F2N4O2. The number of piperidine rings is 1. The highest BCUT2D eigenvalue weighted by molar-refractivity contribution is 5.99. The van der Waals surface area contributed by atoms with E-state index in [4.69, 9.17) is 9.47 Å². The van der Waals surface area contributed by atoms with Crippen LogP contribution in [0.15, 0.2) is 54.9 Å². The third kappa shape index (κ3) is 5.17. The summed E-state index contributed by atoms with van der Waals surface area (Å²) in [6.07, 6.45) is 6.00. The molecule has 0 amide bonds. The molecule has 0 atom stereocenters. The lowest BCUT2D eigenvalue weighted by atomic mass is 10.00. The normalized spacial score (nSPS) is 15.0. The molecule has 194 valence electrons. The van der Waals surface area contributed by atoms with Crippen molar-refractivity contribution in [3.05, 3.63) is 72.1 Å². The number of rotatable bonds is 7. The van der Waals surface area contributed by atoms with E-state index in [2.05, 4.69) is 34.9 Å². The van der Waals surface area contributed by atoms with Crippen LogP contribution in [0.5, 0.6) is 17.4 Å². The fourth-order valence-corrected chi connectivity index (χ4v) is 5.19. The van der Waals surface area contributed by atoms with Crippen LogP contribution in [0, 0.1) is 11.6 Å². The molecule has 0 spiro atoms. The summed E-state index contributed by atoms with van der Waals surface area (Å²) in [6.45, 7) is 2.89. The number of halogens is 2. The Morgan fingerprint density at radius 2 is 1.76 bits per heavy atom. The van der Waals surface area contributed by atoms with Gasteiger partial charge >= 0.3 is 0 Å². The highest BCUT2D eigenvalue weighted by Gasteiger charge is 2.22. The number of pyridine rings is 1.